The standard InChI is InChI=1S/C23H29BN2O4.C17H17IN2O2.C10H11IO3.C10H12O3.C9H9IO3.C7H9N3/c1-15-12-19(28-6)16(13-17(15)24-29-21(2,3)22(4,5)30-24)18(27)14-23(8-9-23)20-25-10-7-11-26-20;1-11-8-15(22-2)12(9-13(11)18)14(21)10-17(4-5-17)16-19-6-3-7-20-16;1-6-4-9(13-2)7(5-8(6)11)10(12)14-3;1-7-4-5-8(10(11)13-3)9(6-7)12-2;1-5-3-8(13-2)6(9(11)12)4-7(5)10;8-7(2-3-7)6-9-4-1-5-10-6/h7,10-13H,8-9,14H2,1-6H3;3,6-9H,4-5,10H2,1-2H3;4-5H,1-3H3;4-6H,1-3H3;3-4H,1-2H3,(H,11,12);1,4-5H,2-3,8H2. The normalized spacial score (nSPS) is 15.2. The molecule has 0 atom stereocenters. The van der Waals surface area contributed by atoms with Crippen LogP contribution in [0.2, 0.25) is 0 Å². The highest BCUT2D eigenvalue weighted by Gasteiger charge is 2.53. The molecule has 3 N–H and O–H groups in total. The predicted octanol–water partition coefficient (Wildman–Crippen LogP) is 14.0. The molecule has 22 nitrogen and oxygen atoms in total. The van der Waals surface area contributed by atoms with Crippen molar-refractivity contribution >= 4 is 110 Å². The zero-order valence-corrected chi connectivity index (χ0v) is 66.8. The van der Waals surface area contributed by atoms with Crippen molar-refractivity contribution < 1.29 is 71.5 Å². The van der Waals surface area contributed by atoms with Gasteiger partial charge in [0.05, 0.1) is 77.6 Å². The summed E-state index contributed by atoms with van der Waals surface area (Å²) >= 11 is 6.52. The SMILES string of the molecule is COC(=O)c1cc(I)c(C)cc1OC.COC(=O)c1ccc(C)cc1OC.COc1cc(C)c(B2OC(C)(C)C(C)(C)O2)cc1C(=O)CC1(c2ncccn2)CC1.COc1cc(C)c(I)cc1C(=O)CC1(c2ncccn2)CC1.COc1cc(C)c(I)cc1C(=O)O.NC1(c2ncccn2)CC1. The number of aryl methyl sites for hydroxylation is 5. The molecule has 26 heteroatoms. The number of carbonyl (C=O) groups excluding carboxylic acids is 4. The van der Waals surface area contributed by atoms with Crippen LogP contribution in [0.3, 0.4) is 0 Å². The number of ketones is 2. The van der Waals surface area contributed by atoms with Gasteiger partial charge in [0, 0.05) is 71.6 Å². The second-order valence-electron chi connectivity index (χ2n) is 26.0. The van der Waals surface area contributed by atoms with Gasteiger partial charge in [-0.15, -0.1) is 0 Å². The first-order valence-electron chi connectivity index (χ1n) is 32.6. The fourth-order valence-corrected chi connectivity index (χ4v) is 12.0. The molecule has 0 amide bonds. The van der Waals surface area contributed by atoms with Gasteiger partial charge in [0.1, 0.15) is 62.9 Å². The lowest BCUT2D eigenvalue weighted by Crippen LogP contribution is -2.41. The average molecular weight is 1730 g/mol. The number of carboxylic acid groups (broad SMARTS) is 1. The summed E-state index contributed by atoms with van der Waals surface area (Å²) in [5.74, 6) is 3.44. The number of methoxy groups -OCH3 is 7. The summed E-state index contributed by atoms with van der Waals surface area (Å²) in [7, 11) is 9.90. The molecule has 3 saturated carbocycles. The quantitative estimate of drug-likeness (QED) is 0.0349. The van der Waals surface area contributed by atoms with E-state index in [0.29, 0.717) is 63.8 Å². The van der Waals surface area contributed by atoms with E-state index in [0.717, 1.165) is 100.0 Å². The molecule has 3 aromatic heterocycles. The summed E-state index contributed by atoms with van der Waals surface area (Å²) in [6, 6.07) is 25.3. The van der Waals surface area contributed by atoms with Gasteiger partial charge in [-0.2, -0.15) is 0 Å². The van der Waals surface area contributed by atoms with Crippen LogP contribution in [0.4, 0.5) is 0 Å². The number of hydrogen-bond donors (Lipinski definition) is 2. The van der Waals surface area contributed by atoms with E-state index >= 15 is 0 Å². The van der Waals surface area contributed by atoms with Gasteiger partial charge in [-0.3, -0.25) is 9.59 Å². The minimum absolute atomic E-state index is 0.0228. The lowest BCUT2D eigenvalue weighted by Gasteiger charge is -2.32. The van der Waals surface area contributed by atoms with Gasteiger partial charge in [0.25, 0.3) is 0 Å². The Bertz CT molecular complexity index is 4280. The molecule has 4 aliphatic rings. The molecule has 0 radical (unpaired) electrons. The molecular formula is C76H87BI3N7O15. The van der Waals surface area contributed by atoms with Gasteiger partial charge < -0.3 is 53.3 Å². The van der Waals surface area contributed by atoms with Crippen molar-refractivity contribution in [3.63, 3.8) is 0 Å². The highest BCUT2D eigenvalue weighted by atomic mass is 127. The van der Waals surface area contributed by atoms with Gasteiger partial charge in [-0.05, 0) is 281 Å². The van der Waals surface area contributed by atoms with Crippen LogP contribution in [0.15, 0.2) is 122 Å². The number of hydrogen-bond acceptors (Lipinski definition) is 21. The molecule has 1 saturated heterocycles. The summed E-state index contributed by atoms with van der Waals surface area (Å²) < 4.78 is 50.8. The van der Waals surface area contributed by atoms with E-state index in [-0.39, 0.29) is 45.4 Å². The highest BCUT2D eigenvalue weighted by molar-refractivity contribution is 14.1. The minimum Gasteiger partial charge on any atom is -0.496 e. The zero-order chi connectivity index (χ0) is 75.1. The van der Waals surface area contributed by atoms with Gasteiger partial charge in [0.2, 0.25) is 0 Å². The summed E-state index contributed by atoms with van der Waals surface area (Å²) in [6.45, 7) is 17.9. The third-order valence-corrected chi connectivity index (χ3v) is 21.6. The van der Waals surface area contributed by atoms with Gasteiger partial charge in [0.15, 0.2) is 11.6 Å². The van der Waals surface area contributed by atoms with Crippen molar-refractivity contribution in [2.24, 2.45) is 5.73 Å². The Morgan fingerprint density at radius 2 is 0.784 bits per heavy atom. The lowest BCUT2D eigenvalue weighted by atomic mass is 9.74. The van der Waals surface area contributed by atoms with Crippen molar-refractivity contribution in [3.05, 3.63) is 206 Å². The highest BCUT2D eigenvalue weighted by Crippen LogP contribution is 2.52. The van der Waals surface area contributed by atoms with E-state index in [4.69, 9.17) is 43.8 Å². The number of nitrogens with zero attached hydrogens (tertiary/aromatic N) is 6. The second kappa shape index (κ2) is 35.6. The number of rotatable bonds is 18. The van der Waals surface area contributed by atoms with Gasteiger partial charge >= 0.3 is 25.0 Å². The minimum atomic E-state index is -0.963. The Labute approximate surface area is 637 Å². The Morgan fingerprint density at radius 1 is 0.451 bits per heavy atom. The van der Waals surface area contributed by atoms with Crippen LogP contribution in [-0.2, 0) is 35.2 Å². The smallest absolute Gasteiger partial charge is 0.495 e. The third-order valence-electron chi connectivity index (χ3n) is 18.1. The maximum absolute atomic E-state index is 13.4. The number of esters is 2. The molecule has 540 valence electrons. The van der Waals surface area contributed by atoms with Crippen LogP contribution in [0, 0.1) is 45.3 Å². The van der Waals surface area contributed by atoms with E-state index in [9.17, 15) is 24.0 Å². The Balaban J connectivity index is 0.000000179. The molecule has 8 aromatic rings. The van der Waals surface area contributed by atoms with E-state index in [1.165, 1.54) is 35.5 Å². The summed E-state index contributed by atoms with van der Waals surface area (Å²) in [5, 5.41) is 8.83. The first-order valence-corrected chi connectivity index (χ1v) is 35.8. The number of carboxylic acids is 1. The fourth-order valence-electron chi connectivity index (χ4n) is 10.6. The van der Waals surface area contributed by atoms with Crippen molar-refractivity contribution in [1.29, 1.82) is 0 Å². The van der Waals surface area contributed by atoms with Crippen molar-refractivity contribution in [2.45, 2.75) is 141 Å². The van der Waals surface area contributed by atoms with Crippen LogP contribution in [0.5, 0.6) is 28.7 Å². The zero-order valence-electron chi connectivity index (χ0n) is 60.3. The molecule has 0 unspecified atom stereocenters. The Morgan fingerprint density at radius 3 is 1.16 bits per heavy atom. The summed E-state index contributed by atoms with van der Waals surface area (Å²) in [4.78, 5) is 85.1. The number of carbonyl (C=O) groups is 5. The molecule has 12 rings (SSSR count). The van der Waals surface area contributed by atoms with Crippen LogP contribution in [-0.4, -0.2) is 133 Å². The number of aromatic carboxylic acids is 1. The summed E-state index contributed by atoms with van der Waals surface area (Å²) in [6.07, 6.45) is 17.0. The van der Waals surface area contributed by atoms with E-state index in [2.05, 4.69) is 107 Å². The number of aromatic nitrogens is 6. The van der Waals surface area contributed by atoms with E-state index in [1.54, 1.807) is 99.9 Å². The second-order valence-corrected chi connectivity index (χ2v) is 29.5. The molecule has 5 aromatic carbocycles. The Kier molecular flexibility index (Phi) is 28.5. The fraction of sp³-hybridized carbons (Fsp3) is 0.382. The number of Topliss-reactive ketones (excluding diaryl/α,β-unsaturated/α-hetero) is 2. The largest absolute Gasteiger partial charge is 0.496 e. The molecule has 1 aliphatic heterocycles. The topological polar surface area (TPSA) is 292 Å². The molecule has 4 fully saturated rings. The lowest BCUT2D eigenvalue weighted by molar-refractivity contribution is 0.00578. The predicted molar refractivity (Wildman–Crippen MR) is 413 cm³/mol. The van der Waals surface area contributed by atoms with Crippen molar-refractivity contribution in [1.82, 2.24) is 29.9 Å². The van der Waals surface area contributed by atoms with Crippen LogP contribution in [0.1, 0.15) is 176 Å². The first-order chi connectivity index (χ1) is 48.3. The third kappa shape index (κ3) is 20.6. The summed E-state index contributed by atoms with van der Waals surface area (Å²) in [5.41, 5.74) is 12.7. The molecular weight excluding hydrogens is 1640 g/mol. The van der Waals surface area contributed by atoms with Crippen LogP contribution >= 0.6 is 67.8 Å². The van der Waals surface area contributed by atoms with Crippen molar-refractivity contribution in [2.75, 3.05) is 49.8 Å². The average Bonchev–Trinajstić information content (AvgIpc) is 1.62. The van der Waals surface area contributed by atoms with E-state index in [1.807, 2.05) is 98.7 Å². The Hall–Kier alpha value is -7.78. The van der Waals surface area contributed by atoms with Crippen LogP contribution in [0.25, 0.3) is 0 Å². The first kappa shape index (κ1) is 81.5. The molecule has 4 heterocycles. The van der Waals surface area contributed by atoms with E-state index < -0.39 is 24.3 Å². The maximum atomic E-state index is 13.4. The molecule has 3 aliphatic carbocycles. The van der Waals surface area contributed by atoms with Crippen LogP contribution < -0.4 is 34.9 Å². The monoisotopic (exact) mass is 1730 g/mol. The van der Waals surface area contributed by atoms with Gasteiger partial charge in [-0.1, -0.05) is 6.07 Å². The molecule has 0 spiro atoms. The number of ether oxygens (including phenoxy) is 7. The van der Waals surface area contributed by atoms with Gasteiger partial charge in [-0.25, -0.2) is 44.3 Å². The maximum Gasteiger partial charge on any atom is 0.495 e. The number of benzene rings is 5. The van der Waals surface area contributed by atoms with Crippen molar-refractivity contribution in [3.8, 4) is 28.7 Å². The molecule has 102 heavy (non-hydrogen) atoms. The number of nitrogens with two attached hydrogens (primary N) is 1. The molecule has 0 bridgehead atoms. The number of halogens is 3.